The zero-order valence-electron chi connectivity index (χ0n) is 10.8. The number of benzene rings is 1. The van der Waals surface area contributed by atoms with Gasteiger partial charge in [0.15, 0.2) is 0 Å². The van der Waals surface area contributed by atoms with Crippen LogP contribution in [0.15, 0.2) is 18.2 Å². The van der Waals surface area contributed by atoms with Crippen molar-refractivity contribution in [3.63, 3.8) is 0 Å². The predicted molar refractivity (Wildman–Crippen MR) is 69.1 cm³/mol. The van der Waals surface area contributed by atoms with Crippen molar-refractivity contribution in [2.45, 2.75) is 19.3 Å². The van der Waals surface area contributed by atoms with E-state index in [4.69, 9.17) is 9.84 Å². The molecular formula is C14H18FNO3. The molecule has 0 aromatic heterocycles. The zero-order chi connectivity index (χ0) is 13.7. The highest BCUT2D eigenvalue weighted by Gasteiger charge is 2.17. The fourth-order valence-corrected chi connectivity index (χ4v) is 2.31. The van der Waals surface area contributed by atoms with Gasteiger partial charge in [-0.05, 0) is 44.5 Å². The molecule has 19 heavy (non-hydrogen) atoms. The summed E-state index contributed by atoms with van der Waals surface area (Å²) in [5.41, 5.74) is -0.385. The molecule has 4 nitrogen and oxygen atoms in total. The second kappa shape index (κ2) is 6.52. The standard InChI is InChI=1S/C14H18FNO3/c15-11-5-3-6-12(13(11)14(17)18)19-10-4-9-16-7-1-2-8-16/h3,5-6H,1-2,4,7-10H2,(H,17,18). The van der Waals surface area contributed by atoms with Crippen molar-refractivity contribution in [3.8, 4) is 5.75 Å². The lowest BCUT2D eigenvalue weighted by Gasteiger charge is -2.15. The summed E-state index contributed by atoms with van der Waals surface area (Å²) >= 11 is 0. The molecule has 1 aliphatic heterocycles. The van der Waals surface area contributed by atoms with Crippen LogP contribution in [0.25, 0.3) is 0 Å². The van der Waals surface area contributed by atoms with Crippen molar-refractivity contribution in [2.75, 3.05) is 26.2 Å². The van der Waals surface area contributed by atoms with Crippen molar-refractivity contribution in [1.29, 1.82) is 0 Å². The molecule has 0 saturated carbocycles. The highest BCUT2D eigenvalue weighted by Crippen LogP contribution is 2.21. The summed E-state index contributed by atoms with van der Waals surface area (Å²) in [6.07, 6.45) is 3.30. The number of halogens is 1. The molecule has 2 rings (SSSR count). The second-order valence-corrected chi connectivity index (χ2v) is 4.67. The van der Waals surface area contributed by atoms with E-state index in [0.717, 1.165) is 32.1 Å². The van der Waals surface area contributed by atoms with Gasteiger partial charge in [-0.3, -0.25) is 0 Å². The van der Waals surface area contributed by atoms with E-state index in [0.29, 0.717) is 6.61 Å². The Bertz CT molecular complexity index is 444. The molecule has 0 aliphatic carbocycles. The van der Waals surface area contributed by atoms with Crippen LogP contribution in [-0.2, 0) is 0 Å². The fraction of sp³-hybridized carbons (Fsp3) is 0.500. The normalized spacial score (nSPS) is 15.6. The van der Waals surface area contributed by atoms with Gasteiger partial charge in [0.05, 0.1) is 6.61 Å². The summed E-state index contributed by atoms with van der Waals surface area (Å²) in [5, 5.41) is 8.95. The topological polar surface area (TPSA) is 49.8 Å². The highest BCUT2D eigenvalue weighted by atomic mass is 19.1. The molecule has 1 N–H and O–H groups in total. The van der Waals surface area contributed by atoms with Gasteiger partial charge in [0.25, 0.3) is 0 Å². The van der Waals surface area contributed by atoms with Crippen LogP contribution in [0.5, 0.6) is 5.75 Å². The molecule has 0 amide bonds. The number of carboxylic acids is 1. The first-order valence-corrected chi connectivity index (χ1v) is 6.55. The Labute approximate surface area is 111 Å². The molecule has 0 atom stereocenters. The molecule has 1 aromatic carbocycles. The Kier molecular flexibility index (Phi) is 4.74. The number of hydrogen-bond donors (Lipinski definition) is 1. The number of hydrogen-bond acceptors (Lipinski definition) is 3. The first kappa shape index (κ1) is 13.8. The summed E-state index contributed by atoms with van der Waals surface area (Å²) in [5.74, 6) is -1.95. The highest BCUT2D eigenvalue weighted by molar-refractivity contribution is 5.91. The van der Waals surface area contributed by atoms with Gasteiger partial charge in [0, 0.05) is 6.54 Å². The monoisotopic (exact) mass is 267 g/mol. The van der Waals surface area contributed by atoms with Crippen LogP contribution < -0.4 is 4.74 Å². The molecule has 0 radical (unpaired) electrons. The second-order valence-electron chi connectivity index (χ2n) is 4.67. The van der Waals surface area contributed by atoms with Crippen LogP contribution in [-0.4, -0.2) is 42.2 Å². The van der Waals surface area contributed by atoms with Crippen LogP contribution in [0.2, 0.25) is 0 Å². The van der Waals surface area contributed by atoms with Crippen molar-refractivity contribution >= 4 is 5.97 Å². The van der Waals surface area contributed by atoms with Crippen molar-refractivity contribution in [2.24, 2.45) is 0 Å². The summed E-state index contributed by atoms with van der Waals surface area (Å²) in [6.45, 7) is 3.60. The van der Waals surface area contributed by atoms with Crippen molar-refractivity contribution in [3.05, 3.63) is 29.6 Å². The lowest BCUT2D eigenvalue weighted by Crippen LogP contribution is -2.22. The van der Waals surface area contributed by atoms with Gasteiger partial charge in [-0.25, -0.2) is 9.18 Å². The third-order valence-corrected chi connectivity index (χ3v) is 3.26. The lowest BCUT2D eigenvalue weighted by molar-refractivity contribution is 0.0686. The number of ether oxygens (including phenoxy) is 1. The molecule has 0 spiro atoms. The van der Waals surface area contributed by atoms with Crippen LogP contribution in [0.4, 0.5) is 4.39 Å². The Morgan fingerprint density at radius 1 is 1.37 bits per heavy atom. The Morgan fingerprint density at radius 2 is 2.11 bits per heavy atom. The van der Waals surface area contributed by atoms with Gasteiger partial charge in [-0.15, -0.1) is 0 Å². The predicted octanol–water partition coefficient (Wildman–Crippen LogP) is 2.39. The first-order valence-electron chi connectivity index (χ1n) is 6.55. The average Bonchev–Trinajstić information content (AvgIpc) is 2.87. The minimum Gasteiger partial charge on any atom is -0.493 e. The third-order valence-electron chi connectivity index (χ3n) is 3.26. The van der Waals surface area contributed by atoms with E-state index >= 15 is 0 Å². The zero-order valence-corrected chi connectivity index (χ0v) is 10.8. The van der Waals surface area contributed by atoms with E-state index in [1.54, 1.807) is 0 Å². The quantitative estimate of drug-likeness (QED) is 0.804. The van der Waals surface area contributed by atoms with Gasteiger partial charge < -0.3 is 14.7 Å². The molecular weight excluding hydrogens is 249 g/mol. The average molecular weight is 267 g/mol. The maximum absolute atomic E-state index is 13.4. The van der Waals surface area contributed by atoms with E-state index < -0.39 is 11.8 Å². The van der Waals surface area contributed by atoms with E-state index in [-0.39, 0.29) is 11.3 Å². The number of aromatic carboxylic acids is 1. The van der Waals surface area contributed by atoms with Gasteiger partial charge >= 0.3 is 5.97 Å². The van der Waals surface area contributed by atoms with Crippen LogP contribution in [0.3, 0.4) is 0 Å². The van der Waals surface area contributed by atoms with Gasteiger partial charge in [-0.2, -0.15) is 0 Å². The molecule has 1 heterocycles. The van der Waals surface area contributed by atoms with Crippen molar-refractivity contribution in [1.82, 2.24) is 4.90 Å². The molecule has 1 saturated heterocycles. The smallest absolute Gasteiger partial charge is 0.342 e. The first-order chi connectivity index (χ1) is 9.18. The van der Waals surface area contributed by atoms with Crippen LogP contribution in [0, 0.1) is 5.82 Å². The number of carbonyl (C=O) groups is 1. The van der Waals surface area contributed by atoms with E-state index in [9.17, 15) is 9.18 Å². The van der Waals surface area contributed by atoms with E-state index in [2.05, 4.69) is 4.90 Å². The summed E-state index contributed by atoms with van der Waals surface area (Å²) in [4.78, 5) is 13.3. The largest absolute Gasteiger partial charge is 0.493 e. The lowest BCUT2D eigenvalue weighted by atomic mass is 10.2. The Balaban J connectivity index is 1.85. The summed E-state index contributed by atoms with van der Waals surface area (Å²) in [7, 11) is 0. The number of nitrogens with zero attached hydrogens (tertiary/aromatic N) is 1. The van der Waals surface area contributed by atoms with Gasteiger partial charge in [0.1, 0.15) is 17.1 Å². The SMILES string of the molecule is O=C(O)c1c(F)cccc1OCCCN1CCCC1. The maximum atomic E-state index is 13.4. The molecule has 5 heteroatoms. The molecule has 1 fully saturated rings. The molecule has 0 bridgehead atoms. The van der Waals surface area contributed by atoms with Crippen molar-refractivity contribution < 1.29 is 19.0 Å². The third kappa shape index (κ3) is 3.67. The van der Waals surface area contributed by atoms with E-state index in [1.165, 1.54) is 25.0 Å². The molecule has 1 aliphatic rings. The summed E-state index contributed by atoms with van der Waals surface area (Å²) in [6, 6.07) is 4.07. The van der Waals surface area contributed by atoms with E-state index in [1.807, 2.05) is 0 Å². The Hall–Kier alpha value is -1.62. The minimum absolute atomic E-state index is 0.105. The molecule has 104 valence electrons. The number of likely N-dealkylation sites (tertiary alicyclic amines) is 1. The fourth-order valence-electron chi connectivity index (χ4n) is 2.31. The summed E-state index contributed by atoms with van der Waals surface area (Å²) < 4.78 is 18.8. The van der Waals surface area contributed by atoms with Crippen LogP contribution >= 0.6 is 0 Å². The van der Waals surface area contributed by atoms with Gasteiger partial charge in [0.2, 0.25) is 0 Å². The minimum atomic E-state index is -1.30. The molecule has 1 aromatic rings. The number of rotatable bonds is 6. The Morgan fingerprint density at radius 3 is 2.79 bits per heavy atom. The maximum Gasteiger partial charge on any atom is 0.342 e. The van der Waals surface area contributed by atoms with Crippen LogP contribution in [0.1, 0.15) is 29.6 Å². The van der Waals surface area contributed by atoms with Gasteiger partial charge in [-0.1, -0.05) is 6.07 Å². The number of carboxylic acid groups (broad SMARTS) is 1. The molecule has 0 unspecified atom stereocenters.